The lowest BCUT2D eigenvalue weighted by atomic mass is 10.1. The number of non-ortho nitro benzene ring substituents is 1. The molecule has 4 nitrogen and oxygen atoms in total. The van der Waals surface area contributed by atoms with E-state index in [0.717, 1.165) is 18.4 Å². The van der Waals surface area contributed by atoms with Crippen molar-refractivity contribution in [1.29, 1.82) is 0 Å². The van der Waals surface area contributed by atoms with Gasteiger partial charge in [0.05, 0.1) is 4.92 Å². The van der Waals surface area contributed by atoms with E-state index >= 15 is 0 Å². The van der Waals surface area contributed by atoms with Crippen LogP contribution in [0.2, 0.25) is 5.02 Å². The van der Waals surface area contributed by atoms with E-state index in [1.54, 1.807) is 17.4 Å². The van der Waals surface area contributed by atoms with Crippen LogP contribution in [0.25, 0.3) is 0 Å². The molecule has 1 N–H and O–H groups in total. The molecular weight excluding hydrogens is 308 g/mol. The van der Waals surface area contributed by atoms with Gasteiger partial charge in [0.25, 0.3) is 5.69 Å². The molecule has 0 aliphatic carbocycles. The minimum atomic E-state index is -0.400. The predicted octanol–water partition coefficient (Wildman–Crippen LogP) is 4.94. The largest absolute Gasteiger partial charge is 0.305 e. The predicted molar refractivity (Wildman–Crippen MR) is 86.9 cm³/mol. The second-order valence-electron chi connectivity index (χ2n) is 4.77. The van der Waals surface area contributed by atoms with Gasteiger partial charge in [-0.05, 0) is 29.5 Å². The van der Waals surface area contributed by atoms with Crippen LogP contribution in [0.4, 0.5) is 5.69 Å². The van der Waals surface area contributed by atoms with E-state index in [2.05, 4.69) is 23.7 Å². The molecule has 0 saturated carbocycles. The summed E-state index contributed by atoms with van der Waals surface area (Å²) in [5.74, 6) is 0. The van der Waals surface area contributed by atoms with Gasteiger partial charge in [0.15, 0.2) is 0 Å². The highest BCUT2D eigenvalue weighted by molar-refractivity contribution is 7.10. The molecule has 6 heteroatoms. The first-order valence-corrected chi connectivity index (χ1v) is 8.07. The van der Waals surface area contributed by atoms with Gasteiger partial charge >= 0.3 is 0 Å². The van der Waals surface area contributed by atoms with E-state index in [-0.39, 0.29) is 11.7 Å². The minimum Gasteiger partial charge on any atom is -0.305 e. The average molecular weight is 325 g/mol. The second kappa shape index (κ2) is 7.54. The van der Waals surface area contributed by atoms with Crippen LogP contribution in [0, 0.1) is 10.1 Å². The summed E-state index contributed by atoms with van der Waals surface area (Å²) in [5.41, 5.74) is 0.822. The van der Waals surface area contributed by atoms with Crippen molar-refractivity contribution in [2.45, 2.75) is 32.4 Å². The summed E-state index contributed by atoms with van der Waals surface area (Å²) in [6.07, 6.45) is 2.09. The number of nitrogens with one attached hydrogen (secondary N) is 1. The third kappa shape index (κ3) is 4.27. The average Bonchev–Trinajstić information content (AvgIpc) is 2.98. The smallest absolute Gasteiger partial charge is 0.269 e. The van der Waals surface area contributed by atoms with Crippen molar-refractivity contribution in [3.63, 3.8) is 0 Å². The van der Waals surface area contributed by atoms with Gasteiger partial charge in [-0.3, -0.25) is 10.1 Å². The third-order valence-corrected chi connectivity index (χ3v) is 4.60. The Hall–Kier alpha value is -1.43. The standard InChI is InChI=1S/C15H17ClN2O2S/c1-2-4-14(15-5-3-8-21-15)17-10-11-9-12(18(19)20)6-7-13(11)16/h3,5-9,14,17H,2,4,10H2,1H3. The van der Waals surface area contributed by atoms with Crippen molar-refractivity contribution in [1.82, 2.24) is 5.32 Å². The monoisotopic (exact) mass is 324 g/mol. The fraction of sp³-hybridized carbons (Fsp3) is 0.333. The van der Waals surface area contributed by atoms with E-state index in [1.165, 1.54) is 17.0 Å². The Labute approximate surface area is 132 Å². The molecule has 0 saturated heterocycles. The molecule has 0 radical (unpaired) electrons. The molecule has 21 heavy (non-hydrogen) atoms. The maximum Gasteiger partial charge on any atom is 0.269 e. The summed E-state index contributed by atoms with van der Waals surface area (Å²) in [6, 6.07) is 8.93. The van der Waals surface area contributed by atoms with E-state index in [1.807, 2.05) is 6.07 Å². The van der Waals surface area contributed by atoms with Crippen LogP contribution in [-0.2, 0) is 6.54 Å². The fourth-order valence-corrected chi connectivity index (χ4v) is 3.19. The lowest BCUT2D eigenvalue weighted by Crippen LogP contribution is -2.20. The zero-order valence-electron chi connectivity index (χ0n) is 11.7. The Morgan fingerprint density at radius 3 is 2.86 bits per heavy atom. The summed E-state index contributed by atoms with van der Waals surface area (Å²) in [4.78, 5) is 11.7. The maximum absolute atomic E-state index is 10.8. The van der Waals surface area contributed by atoms with Crippen molar-refractivity contribution in [3.05, 3.63) is 61.3 Å². The first kappa shape index (κ1) is 15.9. The number of rotatable bonds is 7. The van der Waals surface area contributed by atoms with Gasteiger partial charge < -0.3 is 5.32 Å². The minimum absolute atomic E-state index is 0.0689. The topological polar surface area (TPSA) is 55.2 Å². The van der Waals surface area contributed by atoms with Crippen molar-refractivity contribution < 1.29 is 4.92 Å². The molecule has 1 heterocycles. The maximum atomic E-state index is 10.8. The molecule has 0 aliphatic heterocycles. The van der Waals surface area contributed by atoms with E-state index < -0.39 is 4.92 Å². The number of nitrogens with zero attached hydrogens (tertiary/aromatic N) is 1. The van der Waals surface area contributed by atoms with Gasteiger partial charge in [0.2, 0.25) is 0 Å². The molecule has 0 fully saturated rings. The number of hydrogen-bond donors (Lipinski definition) is 1. The van der Waals surface area contributed by atoms with E-state index in [9.17, 15) is 10.1 Å². The van der Waals surface area contributed by atoms with Gasteiger partial charge in [-0.25, -0.2) is 0 Å². The van der Waals surface area contributed by atoms with Crippen molar-refractivity contribution in [2.75, 3.05) is 0 Å². The quantitative estimate of drug-likeness (QED) is 0.579. The Balaban J connectivity index is 2.10. The Kier molecular flexibility index (Phi) is 5.73. The normalized spacial score (nSPS) is 12.3. The van der Waals surface area contributed by atoms with Crippen LogP contribution in [0.3, 0.4) is 0 Å². The van der Waals surface area contributed by atoms with E-state index in [4.69, 9.17) is 11.6 Å². The Morgan fingerprint density at radius 2 is 2.24 bits per heavy atom. The molecule has 1 atom stereocenters. The number of nitro groups is 1. The van der Waals surface area contributed by atoms with Crippen LogP contribution < -0.4 is 5.32 Å². The number of hydrogen-bond acceptors (Lipinski definition) is 4. The summed E-state index contributed by atoms with van der Waals surface area (Å²) >= 11 is 7.84. The molecule has 2 rings (SSSR count). The highest BCUT2D eigenvalue weighted by atomic mass is 35.5. The number of halogens is 1. The Morgan fingerprint density at radius 1 is 1.43 bits per heavy atom. The summed E-state index contributed by atoms with van der Waals surface area (Å²) in [7, 11) is 0. The van der Waals surface area contributed by atoms with Crippen LogP contribution in [-0.4, -0.2) is 4.92 Å². The molecule has 0 amide bonds. The van der Waals surface area contributed by atoms with Gasteiger partial charge in [-0.2, -0.15) is 0 Å². The molecule has 1 aromatic carbocycles. The zero-order chi connectivity index (χ0) is 15.2. The lowest BCUT2D eigenvalue weighted by Gasteiger charge is -2.17. The first-order chi connectivity index (χ1) is 10.1. The third-order valence-electron chi connectivity index (χ3n) is 3.24. The highest BCUT2D eigenvalue weighted by Crippen LogP contribution is 2.26. The summed E-state index contributed by atoms with van der Waals surface area (Å²) < 4.78 is 0. The van der Waals surface area contributed by atoms with Gasteiger partial charge in [0, 0.05) is 34.6 Å². The first-order valence-electron chi connectivity index (χ1n) is 6.81. The highest BCUT2D eigenvalue weighted by Gasteiger charge is 2.14. The molecule has 1 unspecified atom stereocenters. The van der Waals surface area contributed by atoms with Gasteiger partial charge in [-0.1, -0.05) is 31.0 Å². The zero-order valence-corrected chi connectivity index (χ0v) is 13.3. The molecule has 0 bridgehead atoms. The van der Waals surface area contributed by atoms with Crippen molar-refractivity contribution in [2.24, 2.45) is 0 Å². The SMILES string of the molecule is CCCC(NCc1cc([N+](=O)[O-])ccc1Cl)c1cccs1. The molecular formula is C15H17ClN2O2S. The molecule has 112 valence electrons. The van der Waals surface area contributed by atoms with Crippen molar-refractivity contribution in [3.8, 4) is 0 Å². The number of thiophene rings is 1. The van der Waals surface area contributed by atoms with Gasteiger partial charge in [0.1, 0.15) is 0 Å². The Bertz CT molecular complexity index is 602. The molecule has 2 aromatic rings. The number of nitro benzene ring substituents is 1. The molecule has 0 spiro atoms. The number of benzene rings is 1. The van der Waals surface area contributed by atoms with E-state index in [0.29, 0.717) is 11.6 Å². The molecule has 0 aliphatic rings. The lowest BCUT2D eigenvalue weighted by molar-refractivity contribution is -0.384. The second-order valence-corrected chi connectivity index (χ2v) is 6.16. The molecule has 1 aromatic heterocycles. The van der Waals surface area contributed by atoms with Crippen LogP contribution in [0.5, 0.6) is 0 Å². The summed E-state index contributed by atoms with van der Waals surface area (Å²) in [5, 5.41) is 16.9. The van der Waals surface area contributed by atoms with Crippen molar-refractivity contribution >= 4 is 28.6 Å². The van der Waals surface area contributed by atoms with Gasteiger partial charge in [-0.15, -0.1) is 11.3 Å². The fourth-order valence-electron chi connectivity index (χ4n) is 2.17. The summed E-state index contributed by atoms with van der Waals surface area (Å²) in [6.45, 7) is 2.66. The van der Waals surface area contributed by atoms with Crippen LogP contribution in [0.1, 0.15) is 36.2 Å². The van der Waals surface area contributed by atoms with Crippen LogP contribution >= 0.6 is 22.9 Å². The van der Waals surface area contributed by atoms with Crippen LogP contribution in [0.15, 0.2) is 35.7 Å².